The number of nitrogens with one attached hydrogen (secondary N) is 2. The molecule has 4 fully saturated rings. The summed E-state index contributed by atoms with van der Waals surface area (Å²) < 4.78 is 1.07. The SMILES string of the molecule is O=C(CNC(=O)C12CC3CC(CC(C3)C1)C2)Nc1cccc(I)c1. The van der Waals surface area contributed by atoms with Crippen LogP contribution < -0.4 is 10.6 Å². The second-order valence-electron chi connectivity index (χ2n) is 7.94. The van der Waals surface area contributed by atoms with Gasteiger partial charge in [-0.25, -0.2) is 0 Å². The third-order valence-corrected chi connectivity index (χ3v) is 6.71. The van der Waals surface area contributed by atoms with Crippen LogP contribution >= 0.6 is 22.6 Å². The molecule has 1 aromatic carbocycles. The molecule has 4 aliphatic carbocycles. The minimum absolute atomic E-state index is 0.0616. The molecule has 0 aromatic heterocycles. The Morgan fingerprint density at radius 1 is 1.08 bits per heavy atom. The zero-order valence-corrected chi connectivity index (χ0v) is 15.8. The molecule has 0 atom stereocenters. The van der Waals surface area contributed by atoms with Crippen molar-refractivity contribution < 1.29 is 9.59 Å². The number of rotatable bonds is 4. The number of hydrogen-bond donors (Lipinski definition) is 2. The molecule has 1 aromatic rings. The summed E-state index contributed by atoms with van der Waals surface area (Å²) in [6.07, 6.45) is 7.05. The van der Waals surface area contributed by atoms with Crippen molar-refractivity contribution in [1.29, 1.82) is 0 Å². The minimum Gasteiger partial charge on any atom is -0.347 e. The molecule has 0 spiro atoms. The van der Waals surface area contributed by atoms with Crippen LogP contribution in [0, 0.1) is 26.7 Å². The lowest BCUT2D eigenvalue weighted by Gasteiger charge is -2.55. The second-order valence-corrected chi connectivity index (χ2v) is 9.18. The molecule has 24 heavy (non-hydrogen) atoms. The molecule has 4 nitrogen and oxygen atoms in total. The smallest absolute Gasteiger partial charge is 0.243 e. The van der Waals surface area contributed by atoms with Crippen molar-refractivity contribution in [2.45, 2.75) is 38.5 Å². The summed E-state index contributed by atoms with van der Waals surface area (Å²) in [6.45, 7) is 0.0616. The summed E-state index contributed by atoms with van der Waals surface area (Å²) >= 11 is 2.21. The van der Waals surface area contributed by atoms with E-state index in [-0.39, 0.29) is 23.8 Å². The van der Waals surface area contributed by atoms with Gasteiger partial charge in [-0.2, -0.15) is 0 Å². The van der Waals surface area contributed by atoms with E-state index in [1.165, 1.54) is 19.3 Å². The van der Waals surface area contributed by atoms with Gasteiger partial charge < -0.3 is 10.6 Å². The molecule has 4 saturated carbocycles. The highest BCUT2D eigenvalue weighted by Crippen LogP contribution is 2.60. The average Bonchev–Trinajstić information content (AvgIpc) is 2.51. The van der Waals surface area contributed by atoms with Gasteiger partial charge >= 0.3 is 0 Å². The van der Waals surface area contributed by atoms with Gasteiger partial charge in [-0.3, -0.25) is 9.59 Å². The van der Waals surface area contributed by atoms with E-state index in [0.29, 0.717) is 0 Å². The summed E-state index contributed by atoms with van der Waals surface area (Å²) in [5, 5.41) is 5.77. The van der Waals surface area contributed by atoms with E-state index in [0.717, 1.165) is 46.3 Å². The van der Waals surface area contributed by atoms with Gasteiger partial charge in [0.2, 0.25) is 11.8 Å². The van der Waals surface area contributed by atoms with Gasteiger partial charge in [-0.05, 0) is 97.1 Å². The Hall–Kier alpha value is -1.11. The molecule has 0 heterocycles. The summed E-state index contributed by atoms with van der Waals surface area (Å²) in [6, 6.07) is 7.66. The van der Waals surface area contributed by atoms with Crippen molar-refractivity contribution >= 4 is 40.1 Å². The van der Waals surface area contributed by atoms with Crippen molar-refractivity contribution in [3.05, 3.63) is 27.8 Å². The summed E-state index contributed by atoms with van der Waals surface area (Å²) in [5.41, 5.74) is 0.591. The van der Waals surface area contributed by atoms with Gasteiger partial charge in [0.15, 0.2) is 0 Å². The normalized spacial score (nSPS) is 33.3. The molecule has 0 saturated heterocycles. The standard InChI is InChI=1S/C19H23IN2O2/c20-15-2-1-3-16(7-15)22-17(23)11-21-18(24)19-8-12-4-13(9-19)6-14(5-12)10-19/h1-3,7,12-14H,4-6,8-11H2,(H,21,24)(H,22,23). The van der Waals surface area contributed by atoms with Gasteiger partial charge in [-0.1, -0.05) is 6.07 Å². The Balaban J connectivity index is 1.34. The number of carbonyl (C=O) groups excluding carboxylic acids is 2. The molecule has 0 unspecified atom stereocenters. The van der Waals surface area contributed by atoms with Crippen molar-refractivity contribution in [2.24, 2.45) is 23.2 Å². The molecule has 4 aliphatic rings. The monoisotopic (exact) mass is 438 g/mol. The zero-order chi connectivity index (χ0) is 16.7. The number of carbonyl (C=O) groups is 2. The maximum atomic E-state index is 12.8. The fraction of sp³-hybridized carbons (Fsp3) is 0.579. The van der Waals surface area contributed by atoms with E-state index in [4.69, 9.17) is 0 Å². The van der Waals surface area contributed by atoms with E-state index >= 15 is 0 Å². The number of halogens is 1. The van der Waals surface area contributed by atoms with Gasteiger partial charge in [-0.15, -0.1) is 0 Å². The number of anilines is 1. The van der Waals surface area contributed by atoms with Crippen LogP contribution in [0.3, 0.4) is 0 Å². The average molecular weight is 438 g/mol. The van der Waals surface area contributed by atoms with Gasteiger partial charge in [0.05, 0.1) is 6.54 Å². The molecule has 2 N–H and O–H groups in total. The minimum atomic E-state index is -0.183. The van der Waals surface area contributed by atoms with Crippen LogP contribution in [-0.2, 0) is 9.59 Å². The molecule has 5 heteroatoms. The van der Waals surface area contributed by atoms with E-state index in [1.807, 2.05) is 24.3 Å². The van der Waals surface area contributed by atoms with Gasteiger partial charge in [0.25, 0.3) is 0 Å². The fourth-order valence-electron chi connectivity index (χ4n) is 5.51. The first kappa shape index (κ1) is 16.4. The zero-order valence-electron chi connectivity index (χ0n) is 13.7. The topological polar surface area (TPSA) is 58.2 Å². The highest BCUT2D eigenvalue weighted by Gasteiger charge is 2.54. The Morgan fingerprint density at radius 3 is 2.29 bits per heavy atom. The molecule has 0 aliphatic heterocycles. The lowest BCUT2D eigenvalue weighted by Crippen LogP contribution is -2.54. The van der Waals surface area contributed by atoms with Crippen LogP contribution in [-0.4, -0.2) is 18.4 Å². The first-order valence-corrected chi connectivity index (χ1v) is 9.94. The molecule has 128 valence electrons. The van der Waals surface area contributed by atoms with Crippen molar-refractivity contribution in [3.63, 3.8) is 0 Å². The molecule has 4 bridgehead atoms. The van der Waals surface area contributed by atoms with E-state index in [1.54, 1.807) is 0 Å². The first-order valence-electron chi connectivity index (χ1n) is 8.86. The molecule has 2 amide bonds. The third kappa shape index (κ3) is 3.19. The quantitative estimate of drug-likeness (QED) is 0.707. The number of hydrogen-bond acceptors (Lipinski definition) is 2. The van der Waals surface area contributed by atoms with Crippen LogP contribution in [0.2, 0.25) is 0 Å². The van der Waals surface area contributed by atoms with E-state index < -0.39 is 0 Å². The van der Waals surface area contributed by atoms with Gasteiger partial charge in [0, 0.05) is 14.7 Å². The summed E-state index contributed by atoms with van der Waals surface area (Å²) in [5.74, 6) is 2.17. The maximum absolute atomic E-state index is 12.8. The molecular weight excluding hydrogens is 415 g/mol. The predicted molar refractivity (Wildman–Crippen MR) is 101 cm³/mol. The Bertz CT molecular complexity index is 638. The fourth-order valence-corrected chi connectivity index (χ4v) is 6.05. The van der Waals surface area contributed by atoms with Crippen molar-refractivity contribution in [3.8, 4) is 0 Å². The summed E-state index contributed by atoms with van der Waals surface area (Å²) in [7, 11) is 0. The highest BCUT2D eigenvalue weighted by molar-refractivity contribution is 14.1. The van der Waals surface area contributed by atoms with Crippen LogP contribution in [0.5, 0.6) is 0 Å². The van der Waals surface area contributed by atoms with Crippen LogP contribution in [0.15, 0.2) is 24.3 Å². The second kappa shape index (κ2) is 6.32. The molecule has 0 radical (unpaired) electrons. The largest absolute Gasteiger partial charge is 0.347 e. The van der Waals surface area contributed by atoms with Crippen LogP contribution in [0.1, 0.15) is 38.5 Å². The lowest BCUT2D eigenvalue weighted by molar-refractivity contribution is -0.146. The van der Waals surface area contributed by atoms with Crippen LogP contribution in [0.25, 0.3) is 0 Å². The van der Waals surface area contributed by atoms with E-state index in [2.05, 4.69) is 33.2 Å². The van der Waals surface area contributed by atoms with Gasteiger partial charge in [0.1, 0.15) is 0 Å². The first-order chi connectivity index (χ1) is 11.5. The van der Waals surface area contributed by atoms with Crippen molar-refractivity contribution in [2.75, 3.05) is 11.9 Å². The Morgan fingerprint density at radius 2 is 1.71 bits per heavy atom. The number of benzene rings is 1. The lowest BCUT2D eigenvalue weighted by atomic mass is 9.49. The number of amides is 2. The maximum Gasteiger partial charge on any atom is 0.243 e. The molecule has 5 rings (SSSR count). The van der Waals surface area contributed by atoms with E-state index in [9.17, 15) is 9.59 Å². The van der Waals surface area contributed by atoms with Crippen molar-refractivity contribution in [1.82, 2.24) is 5.32 Å². The summed E-state index contributed by atoms with van der Waals surface area (Å²) in [4.78, 5) is 24.9. The predicted octanol–water partition coefficient (Wildman–Crippen LogP) is 3.56. The molecular formula is C19H23IN2O2. The van der Waals surface area contributed by atoms with Crippen LogP contribution in [0.4, 0.5) is 5.69 Å². The third-order valence-electron chi connectivity index (χ3n) is 6.04. The highest BCUT2D eigenvalue weighted by atomic mass is 127. The Labute approximate surface area is 156 Å². The Kier molecular flexibility index (Phi) is 4.31.